The van der Waals surface area contributed by atoms with Crippen LogP contribution in [0.2, 0.25) is 0 Å². The molecule has 0 aliphatic carbocycles. The van der Waals surface area contributed by atoms with Crippen LogP contribution in [0, 0.1) is 0 Å². The zero-order chi connectivity index (χ0) is 14.0. The highest BCUT2D eigenvalue weighted by Crippen LogP contribution is 2.33. The zero-order valence-corrected chi connectivity index (χ0v) is 11.4. The molecule has 0 saturated carbocycles. The van der Waals surface area contributed by atoms with Crippen molar-refractivity contribution in [3.8, 4) is 0 Å². The molecule has 1 aliphatic heterocycles. The fourth-order valence-electron chi connectivity index (χ4n) is 2.15. The Morgan fingerprint density at radius 3 is 2.89 bits per heavy atom. The number of rotatable bonds is 4. The number of ether oxygens (including phenoxy) is 1. The van der Waals surface area contributed by atoms with Crippen LogP contribution >= 0.6 is 0 Å². The molecule has 0 radical (unpaired) electrons. The fourth-order valence-corrected chi connectivity index (χ4v) is 3.53. The molecule has 2 rings (SSSR count). The van der Waals surface area contributed by atoms with E-state index in [1.807, 2.05) is 0 Å². The minimum absolute atomic E-state index is 0.165. The molecule has 2 N–H and O–H groups in total. The number of nitrogens with two attached hydrogens (primary N) is 1. The number of carbonyl (C=O) groups is 1. The summed E-state index contributed by atoms with van der Waals surface area (Å²) in [6.07, 6.45) is 0.560. The minimum atomic E-state index is -3.71. The first-order chi connectivity index (χ1) is 8.95. The second-order valence-electron chi connectivity index (χ2n) is 4.23. The summed E-state index contributed by atoms with van der Waals surface area (Å²) in [6.45, 7) is 2.11. The highest BCUT2D eigenvalue weighted by Gasteiger charge is 2.32. The lowest BCUT2D eigenvalue weighted by atomic mass is 10.1. The Kier molecular flexibility index (Phi) is 3.66. The van der Waals surface area contributed by atoms with Gasteiger partial charge in [-0.1, -0.05) is 6.07 Å². The van der Waals surface area contributed by atoms with Gasteiger partial charge in [0, 0.05) is 17.8 Å². The molecule has 0 amide bonds. The summed E-state index contributed by atoms with van der Waals surface area (Å²) in [5.74, 6) is -1.38. The van der Waals surface area contributed by atoms with Crippen molar-refractivity contribution in [2.24, 2.45) is 0 Å². The lowest BCUT2D eigenvalue weighted by Crippen LogP contribution is -2.34. The van der Waals surface area contributed by atoms with Crippen molar-refractivity contribution in [2.45, 2.75) is 13.3 Å². The molecule has 1 aromatic carbocycles. The quantitative estimate of drug-likeness (QED) is 0.643. The highest BCUT2D eigenvalue weighted by molar-refractivity contribution is 7.93. The lowest BCUT2D eigenvalue weighted by molar-refractivity contribution is -0.139. The van der Waals surface area contributed by atoms with Crippen LogP contribution in [0.4, 0.5) is 11.4 Å². The number of nitrogens with zero attached hydrogens (tertiary/aromatic N) is 1. The van der Waals surface area contributed by atoms with E-state index in [9.17, 15) is 13.2 Å². The van der Waals surface area contributed by atoms with Gasteiger partial charge in [-0.2, -0.15) is 0 Å². The number of fused-ring (bicyclic) bond motifs is 1. The van der Waals surface area contributed by atoms with E-state index in [1.165, 1.54) is 4.31 Å². The van der Waals surface area contributed by atoms with Crippen LogP contribution in [0.1, 0.15) is 12.5 Å². The maximum Gasteiger partial charge on any atom is 0.323 e. The largest absolute Gasteiger partial charge is 0.465 e. The SMILES string of the molecule is CCOC(=O)CS(=O)(=O)N1CCc2c(N)cccc21. The Hall–Kier alpha value is -1.76. The summed E-state index contributed by atoms with van der Waals surface area (Å²) in [7, 11) is -3.71. The smallest absolute Gasteiger partial charge is 0.323 e. The molecule has 0 spiro atoms. The number of esters is 1. The topological polar surface area (TPSA) is 89.7 Å². The van der Waals surface area contributed by atoms with Crippen molar-refractivity contribution in [2.75, 3.05) is 28.9 Å². The van der Waals surface area contributed by atoms with Crippen molar-refractivity contribution < 1.29 is 17.9 Å². The van der Waals surface area contributed by atoms with Crippen LogP contribution in [-0.2, 0) is 26.0 Å². The van der Waals surface area contributed by atoms with Crippen LogP contribution in [0.3, 0.4) is 0 Å². The Balaban J connectivity index is 2.26. The van der Waals surface area contributed by atoms with Crippen molar-refractivity contribution in [3.05, 3.63) is 23.8 Å². The van der Waals surface area contributed by atoms with E-state index in [-0.39, 0.29) is 6.61 Å². The van der Waals surface area contributed by atoms with Gasteiger partial charge in [0.2, 0.25) is 10.0 Å². The van der Waals surface area contributed by atoms with Gasteiger partial charge in [-0.05, 0) is 25.5 Å². The molecule has 0 atom stereocenters. The standard InChI is InChI=1S/C12H16N2O4S/c1-2-18-12(15)8-19(16,17)14-7-6-9-10(13)4-3-5-11(9)14/h3-5H,2,6-8,13H2,1H3. The average Bonchev–Trinajstić information content (AvgIpc) is 2.74. The normalized spacial score (nSPS) is 14.3. The summed E-state index contributed by atoms with van der Waals surface area (Å²) >= 11 is 0. The van der Waals surface area contributed by atoms with E-state index < -0.39 is 21.7 Å². The van der Waals surface area contributed by atoms with Crippen molar-refractivity contribution in [3.63, 3.8) is 0 Å². The number of nitrogen functional groups attached to an aromatic ring is 1. The van der Waals surface area contributed by atoms with Crippen LogP contribution in [0.5, 0.6) is 0 Å². The van der Waals surface area contributed by atoms with E-state index in [0.717, 1.165) is 5.56 Å². The predicted molar refractivity (Wildman–Crippen MR) is 72.3 cm³/mol. The molecule has 0 unspecified atom stereocenters. The molecule has 0 fully saturated rings. The van der Waals surface area contributed by atoms with Crippen LogP contribution in [0.15, 0.2) is 18.2 Å². The van der Waals surface area contributed by atoms with E-state index in [4.69, 9.17) is 5.73 Å². The maximum absolute atomic E-state index is 12.2. The molecule has 7 heteroatoms. The molecule has 0 saturated heterocycles. The summed E-state index contributed by atoms with van der Waals surface area (Å²) in [5, 5.41) is 0. The van der Waals surface area contributed by atoms with E-state index in [2.05, 4.69) is 4.74 Å². The van der Waals surface area contributed by atoms with Crippen LogP contribution in [-0.4, -0.2) is 33.3 Å². The third kappa shape index (κ3) is 2.65. The third-order valence-electron chi connectivity index (χ3n) is 2.96. The number of sulfonamides is 1. The van der Waals surface area contributed by atoms with Crippen molar-refractivity contribution in [1.82, 2.24) is 0 Å². The summed E-state index contributed by atoms with van der Waals surface area (Å²) in [4.78, 5) is 11.3. The van der Waals surface area contributed by atoms with Crippen molar-refractivity contribution in [1.29, 1.82) is 0 Å². The van der Waals surface area contributed by atoms with E-state index in [0.29, 0.717) is 24.3 Å². The molecule has 1 aromatic rings. The van der Waals surface area contributed by atoms with Gasteiger partial charge in [0.1, 0.15) is 0 Å². The second kappa shape index (κ2) is 5.08. The Labute approximate surface area is 112 Å². The number of hydrogen-bond donors (Lipinski definition) is 1. The molecule has 1 heterocycles. The Bertz CT molecular complexity index is 598. The number of anilines is 2. The molecule has 0 bridgehead atoms. The van der Waals surface area contributed by atoms with Gasteiger partial charge in [-0.3, -0.25) is 9.10 Å². The lowest BCUT2D eigenvalue weighted by Gasteiger charge is -2.19. The van der Waals surface area contributed by atoms with Gasteiger partial charge >= 0.3 is 5.97 Å². The summed E-state index contributed by atoms with van der Waals surface area (Å²) in [6, 6.07) is 5.13. The fraction of sp³-hybridized carbons (Fsp3) is 0.417. The maximum atomic E-state index is 12.2. The first-order valence-corrected chi connectivity index (χ1v) is 7.60. The molecule has 6 nitrogen and oxygen atoms in total. The summed E-state index contributed by atoms with van der Waals surface area (Å²) < 4.78 is 30.3. The zero-order valence-electron chi connectivity index (χ0n) is 10.6. The van der Waals surface area contributed by atoms with Crippen LogP contribution < -0.4 is 10.0 Å². The van der Waals surface area contributed by atoms with Gasteiger partial charge in [-0.25, -0.2) is 8.42 Å². The van der Waals surface area contributed by atoms with Gasteiger partial charge in [0.05, 0.1) is 12.3 Å². The molecular weight excluding hydrogens is 268 g/mol. The number of carbonyl (C=O) groups excluding carboxylic acids is 1. The average molecular weight is 284 g/mol. The van der Waals surface area contributed by atoms with Crippen LogP contribution in [0.25, 0.3) is 0 Å². The first-order valence-electron chi connectivity index (χ1n) is 5.99. The first kappa shape index (κ1) is 13.7. The van der Waals surface area contributed by atoms with Gasteiger partial charge in [-0.15, -0.1) is 0 Å². The Morgan fingerprint density at radius 2 is 2.21 bits per heavy atom. The Morgan fingerprint density at radius 1 is 1.47 bits per heavy atom. The van der Waals surface area contributed by atoms with E-state index in [1.54, 1.807) is 25.1 Å². The van der Waals surface area contributed by atoms with Gasteiger partial charge in [0.15, 0.2) is 5.75 Å². The molecule has 104 valence electrons. The van der Waals surface area contributed by atoms with Crippen molar-refractivity contribution >= 4 is 27.4 Å². The number of hydrogen-bond acceptors (Lipinski definition) is 5. The van der Waals surface area contributed by atoms with Gasteiger partial charge < -0.3 is 10.5 Å². The molecule has 0 aromatic heterocycles. The summed E-state index contributed by atoms with van der Waals surface area (Å²) in [5.41, 5.74) is 7.76. The van der Waals surface area contributed by atoms with E-state index >= 15 is 0 Å². The number of benzene rings is 1. The predicted octanol–water partition coefficient (Wildman–Crippen LogP) is 0.524. The minimum Gasteiger partial charge on any atom is -0.465 e. The highest BCUT2D eigenvalue weighted by atomic mass is 32.2. The molecular formula is C12H16N2O4S. The monoisotopic (exact) mass is 284 g/mol. The van der Waals surface area contributed by atoms with Gasteiger partial charge in [0.25, 0.3) is 0 Å². The second-order valence-corrected chi connectivity index (χ2v) is 6.12. The molecule has 19 heavy (non-hydrogen) atoms. The molecule has 1 aliphatic rings. The third-order valence-corrected chi connectivity index (χ3v) is 4.61.